The average molecular weight is 749 g/mol. The Bertz CT molecular complexity index is 2400. The van der Waals surface area contributed by atoms with E-state index in [0.29, 0.717) is 65.4 Å². The highest BCUT2D eigenvalue weighted by Crippen LogP contribution is 2.42. The number of rotatable bonds is 13. The normalized spacial score (nSPS) is 11.9. The maximum Gasteiger partial charge on any atom is 0.411 e. The summed E-state index contributed by atoms with van der Waals surface area (Å²) in [6.45, 7) is 6.16. The first kappa shape index (κ1) is 37.6. The molecule has 0 bridgehead atoms. The van der Waals surface area contributed by atoms with Gasteiger partial charge in [0.05, 0.1) is 17.5 Å². The summed E-state index contributed by atoms with van der Waals surface area (Å²) in [5.74, 6) is 0.454. The number of ether oxygens (including phenoxy) is 2. The smallest absolute Gasteiger partial charge is 0.411 e. The Morgan fingerprint density at radius 3 is 2.02 bits per heavy atom. The number of fused-ring (bicyclic) bond motifs is 2. The molecule has 2 N–H and O–H groups in total. The molecule has 54 heavy (non-hydrogen) atoms. The number of carbonyl (C=O) groups is 2. The Labute approximate surface area is 313 Å². The molecule has 4 aromatic carbocycles. The van der Waals surface area contributed by atoms with E-state index in [9.17, 15) is 22.6 Å². The van der Waals surface area contributed by atoms with Crippen LogP contribution in [0.15, 0.2) is 131 Å². The summed E-state index contributed by atoms with van der Waals surface area (Å²) in [4.78, 5) is 26.4. The number of anilines is 3. The Hall–Kier alpha value is -6.18. The van der Waals surface area contributed by atoms with Crippen molar-refractivity contribution < 1.29 is 36.5 Å². The molecule has 4 aromatic rings. The maximum atomic E-state index is 12.5. The van der Waals surface area contributed by atoms with E-state index in [1.165, 1.54) is 12.1 Å². The molecule has 0 fully saturated rings. The second-order valence-electron chi connectivity index (χ2n) is 12.2. The van der Waals surface area contributed by atoms with Gasteiger partial charge in [0.1, 0.15) is 34.6 Å². The molecule has 0 saturated heterocycles. The number of nitrogens with one attached hydrogen (secondary N) is 2. The van der Waals surface area contributed by atoms with Crippen molar-refractivity contribution in [1.82, 2.24) is 4.58 Å². The predicted octanol–water partition coefficient (Wildman–Crippen LogP) is 7.22. The lowest BCUT2D eigenvalue weighted by atomic mass is 9.93. The first-order chi connectivity index (χ1) is 26.1. The highest BCUT2D eigenvalue weighted by molar-refractivity contribution is 7.85. The number of benzene rings is 5. The topological polar surface area (TPSA) is 153 Å². The number of hydrogen-bond acceptors (Lipinski definition) is 9. The van der Waals surface area contributed by atoms with Gasteiger partial charge in [0, 0.05) is 57.8 Å². The molecule has 0 aromatic heterocycles. The molecule has 1 aliphatic heterocycles. The lowest BCUT2D eigenvalue weighted by molar-refractivity contribution is 0.160. The van der Waals surface area contributed by atoms with Crippen molar-refractivity contribution in [3.05, 3.63) is 127 Å². The summed E-state index contributed by atoms with van der Waals surface area (Å²) < 4.78 is 56.9. The van der Waals surface area contributed by atoms with E-state index in [2.05, 4.69) is 10.6 Å². The quantitative estimate of drug-likeness (QED) is 0.0708. The van der Waals surface area contributed by atoms with Crippen LogP contribution >= 0.6 is 0 Å². The lowest BCUT2D eigenvalue weighted by Crippen LogP contribution is -2.33. The zero-order valence-electron chi connectivity index (χ0n) is 29.9. The lowest BCUT2D eigenvalue weighted by Gasteiger charge is -2.24. The largest absolute Gasteiger partial charge is 0.744 e. The second kappa shape index (κ2) is 17.1. The molecule has 0 saturated carbocycles. The van der Waals surface area contributed by atoms with Crippen molar-refractivity contribution in [2.24, 2.45) is 0 Å². The zero-order valence-corrected chi connectivity index (χ0v) is 30.7. The Morgan fingerprint density at radius 2 is 1.39 bits per heavy atom. The minimum atomic E-state index is -4.84. The van der Waals surface area contributed by atoms with Crippen molar-refractivity contribution in [3.8, 4) is 22.5 Å². The molecular formula is C41H40N4O8S. The minimum absolute atomic E-state index is 0.118. The summed E-state index contributed by atoms with van der Waals surface area (Å²) in [5.41, 5.74) is 3.90. The van der Waals surface area contributed by atoms with E-state index in [-0.39, 0.29) is 23.7 Å². The van der Waals surface area contributed by atoms with Crippen LogP contribution in [0.3, 0.4) is 0 Å². The minimum Gasteiger partial charge on any atom is -0.744 e. The summed E-state index contributed by atoms with van der Waals surface area (Å²) in [6.07, 6.45) is -1.12. The van der Waals surface area contributed by atoms with Gasteiger partial charge in [-0.2, -0.15) is 0 Å². The SMILES string of the molecule is CCN(CCOC(=O)Nc1ccccc1)c1ccc2c(-c3ccccc3S(=O)(=O)[O-])c3cc/c(=[N+](/CC)CCOC(=O)Nc4ccccc4)cc-3oc2c1. The van der Waals surface area contributed by atoms with Gasteiger partial charge in [-0.15, -0.1) is 0 Å². The van der Waals surface area contributed by atoms with E-state index in [1.54, 1.807) is 36.4 Å². The first-order valence-electron chi connectivity index (χ1n) is 17.5. The Morgan fingerprint density at radius 1 is 0.759 bits per heavy atom. The molecule has 0 unspecified atom stereocenters. The van der Waals surface area contributed by atoms with E-state index in [0.717, 1.165) is 11.0 Å². The average Bonchev–Trinajstić information content (AvgIpc) is 3.17. The fourth-order valence-electron chi connectivity index (χ4n) is 6.23. The predicted molar refractivity (Wildman–Crippen MR) is 208 cm³/mol. The summed E-state index contributed by atoms with van der Waals surface area (Å²) in [5, 5.41) is 6.80. The van der Waals surface area contributed by atoms with E-state index < -0.39 is 22.3 Å². The first-order valence-corrected chi connectivity index (χ1v) is 18.9. The third-order valence-electron chi connectivity index (χ3n) is 8.84. The van der Waals surface area contributed by atoms with Gasteiger partial charge < -0.3 is 23.3 Å². The van der Waals surface area contributed by atoms with Crippen molar-refractivity contribution in [3.63, 3.8) is 0 Å². The molecular weight excluding hydrogens is 709 g/mol. The van der Waals surface area contributed by atoms with Gasteiger partial charge in [-0.1, -0.05) is 54.6 Å². The van der Waals surface area contributed by atoms with Crippen LogP contribution in [0.2, 0.25) is 0 Å². The van der Waals surface area contributed by atoms with Crippen molar-refractivity contribution >= 4 is 50.3 Å². The molecule has 1 aliphatic carbocycles. The fourth-order valence-corrected chi connectivity index (χ4v) is 6.91. The third kappa shape index (κ3) is 9.06. The van der Waals surface area contributed by atoms with Crippen LogP contribution < -0.4 is 25.5 Å². The number of carbonyl (C=O) groups excluding carboxylic acids is 2. The molecule has 0 spiro atoms. The maximum absolute atomic E-state index is 12.5. The highest BCUT2D eigenvalue weighted by atomic mass is 32.2. The van der Waals surface area contributed by atoms with Gasteiger partial charge in [0.15, 0.2) is 13.2 Å². The molecule has 1 heterocycles. The zero-order chi connectivity index (χ0) is 38.1. The fraction of sp³-hybridized carbons (Fsp3) is 0.195. The monoisotopic (exact) mass is 748 g/mol. The van der Waals surface area contributed by atoms with E-state index in [4.69, 9.17) is 13.9 Å². The van der Waals surface area contributed by atoms with Crippen LogP contribution in [-0.4, -0.2) is 64.5 Å². The third-order valence-corrected chi connectivity index (χ3v) is 9.73. The van der Waals surface area contributed by atoms with Crippen LogP contribution in [0.4, 0.5) is 26.7 Å². The van der Waals surface area contributed by atoms with Gasteiger partial charge in [0.25, 0.3) is 0 Å². The number of nitrogens with zero attached hydrogens (tertiary/aromatic N) is 2. The van der Waals surface area contributed by atoms with Crippen LogP contribution in [-0.2, 0) is 19.6 Å². The van der Waals surface area contributed by atoms with Crippen LogP contribution in [0.1, 0.15) is 13.8 Å². The van der Waals surface area contributed by atoms with Crippen LogP contribution in [0.25, 0.3) is 33.4 Å². The molecule has 12 nitrogen and oxygen atoms in total. The number of likely N-dealkylation sites (N-methyl/N-ethyl adjacent to an activating group) is 2. The summed E-state index contributed by atoms with van der Waals surface area (Å²) in [7, 11) is -4.84. The molecule has 13 heteroatoms. The highest BCUT2D eigenvalue weighted by Gasteiger charge is 2.23. The number of para-hydroxylation sites is 2. The standard InChI is InChI=1S/C41H40N4O8S/c1-3-44(23-25-51-40(46)42-29-13-7-5-8-14-29)31-19-21-33-36(27-31)53-37-28-32(45(4-2)24-26-52-41(47)43-30-15-9-6-10-16-30)20-22-34(37)39(33)35-17-11-12-18-38(35)54(48,49)50/h5-22,27-28H,3-4,23-26H2,1-2H3,(H2-,42,43,46,47,48,49,50). The van der Waals surface area contributed by atoms with Crippen molar-refractivity contribution in [1.29, 1.82) is 0 Å². The molecule has 2 aliphatic rings. The molecule has 278 valence electrons. The van der Waals surface area contributed by atoms with E-state index >= 15 is 0 Å². The van der Waals surface area contributed by atoms with Crippen molar-refractivity contribution in [2.45, 2.75) is 18.7 Å². The van der Waals surface area contributed by atoms with Crippen LogP contribution in [0.5, 0.6) is 0 Å². The number of hydrogen-bond donors (Lipinski definition) is 2. The van der Waals surface area contributed by atoms with Crippen LogP contribution in [0, 0.1) is 0 Å². The molecule has 0 atom stereocenters. The van der Waals surface area contributed by atoms with Gasteiger partial charge in [0.2, 0.25) is 5.36 Å². The van der Waals surface area contributed by atoms with Gasteiger partial charge in [-0.25, -0.2) is 22.6 Å². The second-order valence-corrected chi connectivity index (χ2v) is 13.5. The Balaban J connectivity index is 1.34. The van der Waals surface area contributed by atoms with E-state index in [1.807, 2.05) is 96.1 Å². The van der Waals surface area contributed by atoms with Gasteiger partial charge in [-0.05, 0) is 62.4 Å². The summed E-state index contributed by atoms with van der Waals surface area (Å²) >= 11 is 0. The number of amides is 2. The van der Waals surface area contributed by atoms with Gasteiger partial charge >= 0.3 is 12.2 Å². The molecule has 2 amide bonds. The molecule has 0 radical (unpaired) electrons. The van der Waals surface area contributed by atoms with Gasteiger partial charge in [-0.3, -0.25) is 10.6 Å². The Kier molecular flexibility index (Phi) is 11.9. The molecule has 6 rings (SSSR count). The summed E-state index contributed by atoms with van der Waals surface area (Å²) in [6, 6.07) is 35.3. The van der Waals surface area contributed by atoms with Crippen molar-refractivity contribution in [2.75, 3.05) is 54.9 Å².